The van der Waals surface area contributed by atoms with Crippen molar-refractivity contribution in [2.45, 2.75) is 25.5 Å². The Hall–Kier alpha value is -1.55. The molecule has 0 radical (unpaired) electrons. The summed E-state index contributed by atoms with van der Waals surface area (Å²) in [4.78, 5) is 0. The second-order valence-electron chi connectivity index (χ2n) is 5.12. The lowest BCUT2D eigenvalue weighted by Gasteiger charge is -2.23. The van der Waals surface area contributed by atoms with Crippen LogP contribution < -0.4 is 16.0 Å². The van der Waals surface area contributed by atoms with Crippen LogP contribution in [0.1, 0.15) is 22.7 Å². The van der Waals surface area contributed by atoms with Gasteiger partial charge in [-0.05, 0) is 35.7 Å². The molecule has 2 unspecified atom stereocenters. The first-order chi connectivity index (χ1) is 9.69. The molecule has 20 heavy (non-hydrogen) atoms. The zero-order chi connectivity index (χ0) is 14.1. The van der Waals surface area contributed by atoms with Gasteiger partial charge in [0, 0.05) is 11.4 Å². The first kappa shape index (κ1) is 13.4. The van der Waals surface area contributed by atoms with E-state index in [1.807, 2.05) is 43.3 Å². The molecule has 0 aliphatic carbocycles. The van der Waals surface area contributed by atoms with Crippen molar-refractivity contribution in [2.24, 2.45) is 5.84 Å². The van der Waals surface area contributed by atoms with E-state index >= 15 is 0 Å². The summed E-state index contributed by atoms with van der Waals surface area (Å²) in [7, 11) is 0. The molecule has 2 aromatic carbocycles. The highest BCUT2D eigenvalue weighted by atomic mass is 35.5. The average Bonchev–Trinajstić information content (AvgIpc) is 2.87. The van der Waals surface area contributed by atoms with Crippen LogP contribution in [0.4, 0.5) is 0 Å². The highest BCUT2D eigenvalue weighted by Gasteiger charge is 2.30. The Labute approximate surface area is 123 Å². The first-order valence-corrected chi connectivity index (χ1v) is 7.03. The molecule has 0 saturated heterocycles. The summed E-state index contributed by atoms with van der Waals surface area (Å²) in [6.45, 7) is 1.99. The Morgan fingerprint density at radius 2 is 2.10 bits per heavy atom. The monoisotopic (exact) mass is 288 g/mol. The summed E-state index contributed by atoms with van der Waals surface area (Å²) in [5.41, 5.74) is 6.18. The number of hydrogen-bond donors (Lipinski definition) is 2. The van der Waals surface area contributed by atoms with E-state index in [9.17, 15) is 0 Å². The van der Waals surface area contributed by atoms with Gasteiger partial charge in [0.2, 0.25) is 0 Å². The molecule has 2 aromatic rings. The number of halogens is 1. The molecule has 2 atom stereocenters. The van der Waals surface area contributed by atoms with Crippen molar-refractivity contribution in [1.82, 2.24) is 5.43 Å². The number of fused-ring (bicyclic) bond motifs is 1. The second-order valence-corrected chi connectivity index (χ2v) is 5.53. The Balaban J connectivity index is 1.87. The van der Waals surface area contributed by atoms with Crippen LogP contribution in [0.25, 0.3) is 0 Å². The van der Waals surface area contributed by atoms with E-state index in [1.165, 1.54) is 5.56 Å². The minimum absolute atomic E-state index is 0.0174. The zero-order valence-electron chi connectivity index (χ0n) is 11.3. The second kappa shape index (κ2) is 5.44. The van der Waals surface area contributed by atoms with Gasteiger partial charge in [0.1, 0.15) is 11.9 Å². The van der Waals surface area contributed by atoms with E-state index in [0.717, 1.165) is 28.3 Å². The van der Waals surface area contributed by atoms with Crippen molar-refractivity contribution >= 4 is 11.6 Å². The lowest BCUT2D eigenvalue weighted by molar-refractivity contribution is 0.179. The van der Waals surface area contributed by atoms with Crippen molar-refractivity contribution in [3.8, 4) is 5.75 Å². The van der Waals surface area contributed by atoms with Gasteiger partial charge in [-0.3, -0.25) is 5.84 Å². The fraction of sp³-hybridized carbons (Fsp3) is 0.250. The highest BCUT2D eigenvalue weighted by molar-refractivity contribution is 6.31. The Morgan fingerprint density at radius 3 is 2.80 bits per heavy atom. The Kier molecular flexibility index (Phi) is 3.66. The van der Waals surface area contributed by atoms with E-state index in [-0.39, 0.29) is 12.1 Å². The van der Waals surface area contributed by atoms with Crippen molar-refractivity contribution < 1.29 is 4.74 Å². The van der Waals surface area contributed by atoms with Crippen LogP contribution in [0.2, 0.25) is 5.02 Å². The topological polar surface area (TPSA) is 47.3 Å². The van der Waals surface area contributed by atoms with E-state index in [4.69, 9.17) is 22.2 Å². The molecular formula is C16H17ClN2O. The molecule has 0 spiro atoms. The van der Waals surface area contributed by atoms with Gasteiger partial charge in [-0.15, -0.1) is 0 Å². The molecule has 1 aliphatic rings. The predicted octanol–water partition coefficient (Wildman–Crippen LogP) is 3.16. The Morgan fingerprint density at radius 1 is 1.30 bits per heavy atom. The minimum Gasteiger partial charge on any atom is -0.488 e. The maximum Gasteiger partial charge on any atom is 0.124 e. The number of para-hydroxylation sites is 1. The lowest BCUT2D eigenvalue weighted by atomic mass is 9.97. The quantitative estimate of drug-likeness (QED) is 0.674. The molecule has 1 aliphatic heterocycles. The van der Waals surface area contributed by atoms with Crippen LogP contribution in [0.5, 0.6) is 5.75 Å². The van der Waals surface area contributed by atoms with Gasteiger partial charge in [0.25, 0.3) is 0 Å². The number of nitrogens with one attached hydrogen (secondary N) is 1. The fourth-order valence-corrected chi connectivity index (χ4v) is 2.80. The molecule has 0 saturated carbocycles. The number of benzene rings is 2. The van der Waals surface area contributed by atoms with Crippen LogP contribution in [0, 0.1) is 6.92 Å². The maximum absolute atomic E-state index is 6.20. The maximum atomic E-state index is 6.20. The zero-order valence-corrected chi connectivity index (χ0v) is 12.0. The molecule has 3 nitrogen and oxygen atoms in total. The SMILES string of the molecule is Cc1ccc(C(NN)C2Cc3ccccc3O2)cc1Cl. The molecule has 0 fully saturated rings. The van der Waals surface area contributed by atoms with Gasteiger partial charge in [0.15, 0.2) is 0 Å². The number of nitrogens with two attached hydrogens (primary N) is 1. The minimum atomic E-state index is -0.0829. The molecule has 0 aromatic heterocycles. The number of rotatable bonds is 3. The molecule has 1 heterocycles. The van der Waals surface area contributed by atoms with E-state index in [0.29, 0.717) is 0 Å². The van der Waals surface area contributed by atoms with E-state index in [1.54, 1.807) is 0 Å². The van der Waals surface area contributed by atoms with Gasteiger partial charge < -0.3 is 4.74 Å². The van der Waals surface area contributed by atoms with Gasteiger partial charge in [0.05, 0.1) is 6.04 Å². The smallest absolute Gasteiger partial charge is 0.124 e. The van der Waals surface area contributed by atoms with E-state index < -0.39 is 0 Å². The molecular weight excluding hydrogens is 272 g/mol. The van der Waals surface area contributed by atoms with Crippen LogP contribution in [-0.4, -0.2) is 6.10 Å². The predicted molar refractivity (Wildman–Crippen MR) is 80.8 cm³/mol. The van der Waals surface area contributed by atoms with Crippen LogP contribution in [-0.2, 0) is 6.42 Å². The van der Waals surface area contributed by atoms with Crippen LogP contribution >= 0.6 is 11.6 Å². The summed E-state index contributed by atoms with van der Waals surface area (Å²) in [5, 5.41) is 0.748. The summed E-state index contributed by atoms with van der Waals surface area (Å²) < 4.78 is 6.00. The molecule has 3 N–H and O–H groups in total. The van der Waals surface area contributed by atoms with Crippen molar-refractivity contribution in [3.05, 3.63) is 64.2 Å². The summed E-state index contributed by atoms with van der Waals surface area (Å²) in [6, 6.07) is 14.0. The molecule has 3 rings (SSSR count). The Bertz CT molecular complexity index is 605. The fourth-order valence-electron chi connectivity index (χ4n) is 2.62. The van der Waals surface area contributed by atoms with Crippen molar-refractivity contribution in [3.63, 3.8) is 0 Å². The summed E-state index contributed by atoms with van der Waals surface area (Å²) >= 11 is 6.20. The molecule has 0 amide bonds. The summed E-state index contributed by atoms with van der Waals surface area (Å²) in [6.07, 6.45) is 0.826. The number of ether oxygens (including phenoxy) is 1. The number of hydrogen-bond acceptors (Lipinski definition) is 3. The van der Waals surface area contributed by atoms with Crippen molar-refractivity contribution in [1.29, 1.82) is 0 Å². The standard InChI is InChI=1S/C16H17ClN2O/c1-10-6-7-12(8-13(10)17)16(19-18)15-9-11-4-2-3-5-14(11)20-15/h2-8,15-16,19H,9,18H2,1H3. The number of aryl methyl sites for hydroxylation is 1. The van der Waals surface area contributed by atoms with Crippen LogP contribution in [0.15, 0.2) is 42.5 Å². The van der Waals surface area contributed by atoms with Gasteiger partial charge in [-0.25, -0.2) is 5.43 Å². The third kappa shape index (κ3) is 2.40. The largest absolute Gasteiger partial charge is 0.488 e. The van der Waals surface area contributed by atoms with Crippen LogP contribution in [0.3, 0.4) is 0 Å². The van der Waals surface area contributed by atoms with Crippen molar-refractivity contribution in [2.75, 3.05) is 0 Å². The normalized spacial score (nSPS) is 18.4. The van der Waals surface area contributed by atoms with Gasteiger partial charge in [-0.2, -0.15) is 0 Å². The summed E-state index contributed by atoms with van der Waals surface area (Å²) in [5.74, 6) is 6.68. The highest BCUT2D eigenvalue weighted by Crippen LogP contribution is 2.34. The third-order valence-corrected chi connectivity index (χ3v) is 4.19. The van der Waals surface area contributed by atoms with Gasteiger partial charge >= 0.3 is 0 Å². The average molecular weight is 289 g/mol. The van der Waals surface area contributed by atoms with Gasteiger partial charge in [-0.1, -0.05) is 41.9 Å². The number of hydrazine groups is 1. The van der Waals surface area contributed by atoms with E-state index in [2.05, 4.69) is 11.5 Å². The third-order valence-electron chi connectivity index (χ3n) is 3.78. The molecule has 4 heteroatoms. The molecule has 0 bridgehead atoms. The first-order valence-electron chi connectivity index (χ1n) is 6.66. The lowest BCUT2D eigenvalue weighted by Crippen LogP contribution is -2.38. The molecule has 104 valence electrons.